The Balaban J connectivity index is 1.33. The number of amides is 3. The lowest BCUT2D eigenvalue weighted by Crippen LogP contribution is -2.62. The summed E-state index contributed by atoms with van der Waals surface area (Å²) in [4.78, 5) is 55.8. The van der Waals surface area contributed by atoms with Gasteiger partial charge < -0.3 is 20.9 Å². The maximum atomic E-state index is 14.2. The van der Waals surface area contributed by atoms with Crippen LogP contribution in [-0.2, 0) is 32.0 Å². The summed E-state index contributed by atoms with van der Waals surface area (Å²) in [6.45, 7) is 6.28. The number of nitrogens with zero attached hydrogens (tertiary/aromatic N) is 1. The van der Waals surface area contributed by atoms with E-state index in [0.29, 0.717) is 37.4 Å². The average molecular weight is 659 g/mol. The fraction of sp³-hybridized carbons (Fsp3) is 0.474. The number of Topliss-reactive ketones (excluding diaryl/α,β-unsaturated/α-hetero) is 1. The number of carbonyl (C=O) groups is 4. The van der Waals surface area contributed by atoms with E-state index in [-0.39, 0.29) is 41.4 Å². The Hall–Kier alpha value is -3.75. The van der Waals surface area contributed by atoms with E-state index in [1.54, 1.807) is 17.0 Å². The zero-order chi connectivity index (χ0) is 33.5. The van der Waals surface area contributed by atoms with Gasteiger partial charge in [-0.25, -0.2) is 0 Å². The first-order valence-electron chi connectivity index (χ1n) is 17.0. The third-order valence-corrected chi connectivity index (χ3v) is 9.82. The molecule has 2 fully saturated rings. The summed E-state index contributed by atoms with van der Waals surface area (Å²) in [5.41, 5.74) is 1.92. The Morgan fingerprint density at radius 1 is 0.915 bits per heavy atom. The Morgan fingerprint density at radius 3 is 2.34 bits per heavy atom. The van der Waals surface area contributed by atoms with Crippen molar-refractivity contribution in [1.29, 1.82) is 0 Å². The van der Waals surface area contributed by atoms with Crippen LogP contribution in [0.2, 0.25) is 5.02 Å². The molecule has 47 heavy (non-hydrogen) atoms. The zero-order valence-electron chi connectivity index (χ0n) is 27.6. The molecule has 250 valence electrons. The van der Waals surface area contributed by atoms with Gasteiger partial charge in [-0.05, 0) is 79.5 Å². The van der Waals surface area contributed by atoms with Crippen LogP contribution in [0, 0.1) is 11.8 Å². The van der Waals surface area contributed by atoms with E-state index < -0.39 is 18.1 Å². The summed E-state index contributed by atoms with van der Waals surface area (Å²) in [6, 6.07) is 19.8. The summed E-state index contributed by atoms with van der Waals surface area (Å²) in [6.07, 6.45) is 4.79. The van der Waals surface area contributed by atoms with Gasteiger partial charge in [-0.2, -0.15) is 0 Å². The van der Waals surface area contributed by atoms with Crippen molar-refractivity contribution in [2.45, 2.75) is 89.9 Å². The summed E-state index contributed by atoms with van der Waals surface area (Å²) < 4.78 is 0. The molecule has 1 saturated carbocycles. The lowest BCUT2D eigenvalue weighted by atomic mass is 9.72. The third kappa shape index (κ3) is 8.99. The van der Waals surface area contributed by atoms with Gasteiger partial charge in [0, 0.05) is 43.4 Å². The first-order chi connectivity index (χ1) is 22.6. The van der Waals surface area contributed by atoms with Gasteiger partial charge in [0.25, 0.3) is 0 Å². The average Bonchev–Trinajstić information content (AvgIpc) is 3.05. The van der Waals surface area contributed by atoms with E-state index in [1.165, 1.54) is 6.92 Å². The van der Waals surface area contributed by atoms with Crippen molar-refractivity contribution in [3.63, 3.8) is 0 Å². The largest absolute Gasteiger partial charge is 0.352 e. The number of rotatable bonds is 12. The molecular formula is C38H47ClN4O4. The molecular weight excluding hydrogens is 612 g/mol. The lowest BCUT2D eigenvalue weighted by Gasteiger charge is -2.41. The topological polar surface area (TPSA) is 108 Å². The molecule has 3 aromatic carbocycles. The fourth-order valence-corrected chi connectivity index (χ4v) is 7.44. The molecule has 1 aliphatic heterocycles. The first kappa shape index (κ1) is 34.6. The third-order valence-electron chi connectivity index (χ3n) is 9.56. The van der Waals surface area contributed by atoms with E-state index in [0.717, 1.165) is 47.6 Å². The van der Waals surface area contributed by atoms with Crippen molar-refractivity contribution in [3.8, 4) is 0 Å². The smallest absolute Gasteiger partial charge is 0.243 e. The van der Waals surface area contributed by atoms with Crippen molar-refractivity contribution in [3.05, 3.63) is 82.9 Å². The molecule has 3 aromatic rings. The summed E-state index contributed by atoms with van der Waals surface area (Å²) in [5, 5.41) is 12.2. The molecule has 2 aliphatic rings. The molecule has 5 rings (SSSR count). The van der Waals surface area contributed by atoms with E-state index >= 15 is 0 Å². The van der Waals surface area contributed by atoms with E-state index in [1.807, 2.05) is 44.2 Å². The van der Waals surface area contributed by atoms with E-state index in [2.05, 4.69) is 40.2 Å². The molecule has 1 saturated heterocycles. The van der Waals surface area contributed by atoms with Crippen LogP contribution in [0.25, 0.3) is 10.8 Å². The highest BCUT2D eigenvalue weighted by Gasteiger charge is 2.41. The molecule has 1 heterocycles. The highest BCUT2D eigenvalue weighted by atomic mass is 35.5. The number of piperazine rings is 1. The molecule has 0 bridgehead atoms. The molecule has 9 heteroatoms. The highest BCUT2D eigenvalue weighted by Crippen LogP contribution is 2.36. The number of fused-ring (bicyclic) bond motifs is 1. The maximum Gasteiger partial charge on any atom is 0.243 e. The second kappa shape index (κ2) is 15.9. The standard InChI is InChI=1S/C38H47ClN4O4/c1-24(2)41-37(46)35(22-27-12-15-28-8-4-5-9-29(28)20-27)43-19-18-40-34(38(43)47)23-30-10-6-7-11-32(30)36(45)33(42-25(3)44)21-26-13-16-31(39)17-14-26/h4-5,8-9,12-17,20,24,30,32-35,40H,6-7,10-11,18-19,21-23H2,1-3H3,(H,41,46)(H,42,44)/t30?,32?,33?,34-,35?/m0/s1. The van der Waals surface area contributed by atoms with Crippen molar-refractivity contribution in [1.82, 2.24) is 20.9 Å². The van der Waals surface area contributed by atoms with Crippen molar-refractivity contribution < 1.29 is 19.2 Å². The second-order valence-electron chi connectivity index (χ2n) is 13.5. The van der Waals surface area contributed by atoms with Gasteiger partial charge in [-0.15, -0.1) is 0 Å². The number of benzene rings is 3. The summed E-state index contributed by atoms with van der Waals surface area (Å²) in [5.74, 6) is -0.768. The Bertz CT molecular complexity index is 1580. The highest BCUT2D eigenvalue weighted by molar-refractivity contribution is 6.30. The van der Waals surface area contributed by atoms with Crippen molar-refractivity contribution in [2.24, 2.45) is 11.8 Å². The van der Waals surface area contributed by atoms with Crippen LogP contribution in [0.15, 0.2) is 66.7 Å². The maximum absolute atomic E-state index is 14.2. The minimum Gasteiger partial charge on any atom is -0.352 e. The molecule has 3 N–H and O–H groups in total. The molecule has 0 aromatic heterocycles. The molecule has 5 atom stereocenters. The van der Waals surface area contributed by atoms with Gasteiger partial charge >= 0.3 is 0 Å². The van der Waals surface area contributed by atoms with Crippen LogP contribution in [0.5, 0.6) is 0 Å². The fourth-order valence-electron chi connectivity index (χ4n) is 7.31. The summed E-state index contributed by atoms with van der Waals surface area (Å²) in [7, 11) is 0. The van der Waals surface area contributed by atoms with Gasteiger partial charge in [-0.3, -0.25) is 19.2 Å². The van der Waals surface area contributed by atoms with Crippen LogP contribution in [0.4, 0.5) is 0 Å². The molecule has 4 unspecified atom stereocenters. The minimum absolute atomic E-state index is 0.0115. The van der Waals surface area contributed by atoms with Gasteiger partial charge in [0.15, 0.2) is 5.78 Å². The number of hydrogen-bond donors (Lipinski definition) is 3. The summed E-state index contributed by atoms with van der Waals surface area (Å²) >= 11 is 6.08. The molecule has 8 nitrogen and oxygen atoms in total. The van der Waals surface area contributed by atoms with Crippen LogP contribution in [0.1, 0.15) is 64.0 Å². The molecule has 1 aliphatic carbocycles. The van der Waals surface area contributed by atoms with E-state index in [4.69, 9.17) is 11.6 Å². The number of carbonyl (C=O) groups excluding carboxylic acids is 4. The normalized spacial score (nSPS) is 21.3. The Labute approximate surface area is 283 Å². The number of ketones is 1. The number of nitrogens with one attached hydrogen (secondary N) is 3. The predicted octanol–water partition coefficient (Wildman–Crippen LogP) is 5.24. The quantitative estimate of drug-likeness (QED) is 0.247. The van der Waals surface area contributed by atoms with Gasteiger partial charge in [0.05, 0.1) is 12.1 Å². The Kier molecular flexibility index (Phi) is 11.7. The van der Waals surface area contributed by atoms with Gasteiger partial charge in [0.2, 0.25) is 17.7 Å². The second-order valence-corrected chi connectivity index (χ2v) is 13.9. The first-order valence-corrected chi connectivity index (χ1v) is 17.3. The lowest BCUT2D eigenvalue weighted by molar-refractivity contribution is -0.145. The van der Waals surface area contributed by atoms with Gasteiger partial charge in [-0.1, -0.05) is 79.0 Å². The monoisotopic (exact) mass is 658 g/mol. The molecule has 0 spiro atoms. The van der Waals surface area contributed by atoms with Gasteiger partial charge in [0.1, 0.15) is 6.04 Å². The van der Waals surface area contributed by atoms with Crippen molar-refractivity contribution in [2.75, 3.05) is 13.1 Å². The zero-order valence-corrected chi connectivity index (χ0v) is 28.4. The number of hydrogen-bond acceptors (Lipinski definition) is 5. The Morgan fingerprint density at radius 2 is 1.62 bits per heavy atom. The van der Waals surface area contributed by atoms with Crippen LogP contribution < -0.4 is 16.0 Å². The molecule has 3 amide bonds. The minimum atomic E-state index is -0.656. The SMILES string of the molecule is CC(=O)NC(Cc1ccc(Cl)cc1)C(=O)C1CCCCC1C[C@@H]1NCCN(C(Cc2ccc3ccccc3c2)C(=O)NC(C)C)C1=O. The van der Waals surface area contributed by atoms with Crippen molar-refractivity contribution >= 4 is 45.9 Å². The predicted molar refractivity (Wildman–Crippen MR) is 186 cm³/mol. The van der Waals surface area contributed by atoms with Crippen LogP contribution in [0.3, 0.4) is 0 Å². The molecule has 0 radical (unpaired) electrons. The number of halogens is 1. The van der Waals surface area contributed by atoms with Crippen LogP contribution >= 0.6 is 11.6 Å². The van der Waals surface area contributed by atoms with E-state index in [9.17, 15) is 19.2 Å². The van der Waals surface area contributed by atoms with Crippen LogP contribution in [-0.4, -0.2) is 65.7 Å².